The van der Waals surface area contributed by atoms with Crippen molar-refractivity contribution in [3.8, 4) is 5.75 Å². The first-order chi connectivity index (χ1) is 12.2. The number of methoxy groups -OCH3 is 1. The van der Waals surface area contributed by atoms with Crippen LogP contribution in [0.4, 0.5) is 0 Å². The Bertz CT molecular complexity index is 735. The molecule has 134 valence electrons. The molecular weight excluding hydrogens is 314 g/mol. The van der Waals surface area contributed by atoms with Crippen LogP contribution in [-0.4, -0.2) is 39.9 Å². The van der Waals surface area contributed by atoms with Crippen LogP contribution >= 0.6 is 0 Å². The highest BCUT2D eigenvalue weighted by molar-refractivity contribution is 5.37. The van der Waals surface area contributed by atoms with Crippen LogP contribution in [0.15, 0.2) is 18.2 Å². The molecule has 25 heavy (non-hydrogen) atoms. The zero-order chi connectivity index (χ0) is 17.2. The Kier molecular flexibility index (Phi) is 4.72. The topological polar surface area (TPSA) is 55.2 Å². The predicted molar refractivity (Wildman–Crippen MR) is 96.5 cm³/mol. The summed E-state index contributed by atoms with van der Waals surface area (Å²) in [5.74, 6) is 3.18. The first kappa shape index (κ1) is 16.5. The summed E-state index contributed by atoms with van der Waals surface area (Å²) in [7, 11) is 1.74. The Hall–Kier alpha value is -1.92. The number of fused-ring (bicyclic) bond motifs is 1. The summed E-state index contributed by atoms with van der Waals surface area (Å²) in [6.45, 7) is 6.89. The molecule has 0 bridgehead atoms. The highest BCUT2D eigenvalue weighted by Crippen LogP contribution is 2.26. The predicted octanol–water partition coefficient (Wildman–Crippen LogP) is 2.43. The van der Waals surface area contributed by atoms with Crippen molar-refractivity contribution in [3.63, 3.8) is 0 Å². The Balaban J connectivity index is 1.48. The lowest BCUT2D eigenvalue weighted by Crippen LogP contribution is -2.36. The number of aromatic nitrogens is 3. The van der Waals surface area contributed by atoms with Gasteiger partial charge in [-0.05, 0) is 37.9 Å². The Morgan fingerprint density at radius 1 is 1.24 bits per heavy atom. The standard InChI is InChI=1S/C19H27N5O/c1-14-6-7-15(17(11-14)25-2)12-23-9-10-24-18(13-23)21-22-19(24)16-5-3-4-8-20-16/h6-7,11,16,20H,3-5,8-10,12-13H2,1-2H3/t16-/m0/s1. The van der Waals surface area contributed by atoms with Crippen molar-refractivity contribution in [2.24, 2.45) is 0 Å². The third kappa shape index (κ3) is 3.41. The molecule has 0 saturated carbocycles. The molecule has 0 radical (unpaired) electrons. The Morgan fingerprint density at radius 2 is 2.16 bits per heavy atom. The molecule has 2 aromatic rings. The van der Waals surface area contributed by atoms with E-state index in [1.807, 2.05) is 0 Å². The fraction of sp³-hybridized carbons (Fsp3) is 0.579. The zero-order valence-corrected chi connectivity index (χ0v) is 15.2. The second-order valence-electron chi connectivity index (χ2n) is 7.15. The molecule has 6 nitrogen and oxygen atoms in total. The van der Waals surface area contributed by atoms with Gasteiger partial charge in [0, 0.05) is 25.2 Å². The van der Waals surface area contributed by atoms with Gasteiger partial charge in [0.1, 0.15) is 17.4 Å². The monoisotopic (exact) mass is 341 g/mol. The third-order valence-corrected chi connectivity index (χ3v) is 5.32. The normalized spacial score (nSPS) is 21.1. The fourth-order valence-corrected chi connectivity index (χ4v) is 3.92. The van der Waals surface area contributed by atoms with Gasteiger partial charge in [0.25, 0.3) is 0 Å². The van der Waals surface area contributed by atoms with Gasteiger partial charge >= 0.3 is 0 Å². The van der Waals surface area contributed by atoms with Crippen LogP contribution in [0, 0.1) is 6.92 Å². The number of piperidine rings is 1. The first-order valence-corrected chi connectivity index (χ1v) is 9.26. The second kappa shape index (κ2) is 7.14. The van der Waals surface area contributed by atoms with Crippen LogP contribution in [0.3, 0.4) is 0 Å². The number of benzene rings is 1. The third-order valence-electron chi connectivity index (χ3n) is 5.32. The molecule has 1 N–H and O–H groups in total. The highest BCUT2D eigenvalue weighted by Gasteiger charge is 2.26. The van der Waals surface area contributed by atoms with E-state index in [0.29, 0.717) is 6.04 Å². The molecule has 1 atom stereocenters. The summed E-state index contributed by atoms with van der Waals surface area (Å²) < 4.78 is 7.88. The molecule has 0 spiro atoms. The van der Waals surface area contributed by atoms with Gasteiger partial charge < -0.3 is 14.6 Å². The van der Waals surface area contributed by atoms with E-state index in [1.165, 1.54) is 30.4 Å². The number of rotatable bonds is 4. The van der Waals surface area contributed by atoms with E-state index in [9.17, 15) is 0 Å². The minimum absolute atomic E-state index is 0.374. The van der Waals surface area contributed by atoms with Crippen molar-refractivity contribution in [2.45, 2.75) is 51.9 Å². The van der Waals surface area contributed by atoms with Crippen molar-refractivity contribution >= 4 is 0 Å². The van der Waals surface area contributed by atoms with Gasteiger partial charge in [-0.15, -0.1) is 10.2 Å². The van der Waals surface area contributed by atoms with E-state index in [-0.39, 0.29) is 0 Å². The average Bonchev–Trinajstić information content (AvgIpc) is 3.07. The molecule has 1 saturated heterocycles. The number of hydrogen-bond acceptors (Lipinski definition) is 5. The van der Waals surface area contributed by atoms with Crippen LogP contribution in [0.25, 0.3) is 0 Å². The summed E-state index contributed by atoms with van der Waals surface area (Å²) in [4.78, 5) is 2.43. The maximum Gasteiger partial charge on any atom is 0.150 e. The Labute approximate surface area is 149 Å². The van der Waals surface area contributed by atoms with Gasteiger partial charge in [0.15, 0.2) is 0 Å². The van der Waals surface area contributed by atoms with Crippen LogP contribution in [-0.2, 0) is 19.6 Å². The number of hydrogen-bond donors (Lipinski definition) is 1. The molecule has 0 aliphatic carbocycles. The zero-order valence-electron chi connectivity index (χ0n) is 15.2. The SMILES string of the molecule is COc1cc(C)ccc1CN1CCn2c(nnc2[C@@H]2CCCCN2)C1. The number of aryl methyl sites for hydroxylation is 1. The van der Waals surface area contributed by atoms with E-state index in [2.05, 4.69) is 50.1 Å². The van der Waals surface area contributed by atoms with E-state index in [4.69, 9.17) is 4.74 Å². The van der Waals surface area contributed by atoms with Crippen molar-refractivity contribution in [3.05, 3.63) is 41.0 Å². The summed E-state index contributed by atoms with van der Waals surface area (Å²) in [6, 6.07) is 6.80. The molecule has 1 aromatic carbocycles. The summed E-state index contributed by atoms with van der Waals surface area (Å²) in [6.07, 6.45) is 3.71. The van der Waals surface area contributed by atoms with Gasteiger partial charge in [-0.3, -0.25) is 4.90 Å². The van der Waals surface area contributed by atoms with Crippen LogP contribution in [0.2, 0.25) is 0 Å². The summed E-state index contributed by atoms with van der Waals surface area (Å²) in [5, 5.41) is 12.6. The van der Waals surface area contributed by atoms with Crippen molar-refractivity contribution in [1.82, 2.24) is 25.0 Å². The molecule has 1 aromatic heterocycles. The van der Waals surface area contributed by atoms with Crippen molar-refractivity contribution in [2.75, 3.05) is 20.2 Å². The number of nitrogens with zero attached hydrogens (tertiary/aromatic N) is 4. The average molecular weight is 341 g/mol. The molecule has 1 fully saturated rings. The largest absolute Gasteiger partial charge is 0.496 e. The summed E-state index contributed by atoms with van der Waals surface area (Å²) in [5.41, 5.74) is 2.46. The molecule has 2 aliphatic heterocycles. The molecule has 0 amide bonds. The van der Waals surface area contributed by atoms with E-state index >= 15 is 0 Å². The van der Waals surface area contributed by atoms with Crippen LogP contribution in [0.5, 0.6) is 5.75 Å². The van der Waals surface area contributed by atoms with Gasteiger partial charge in [0.2, 0.25) is 0 Å². The molecule has 6 heteroatoms. The van der Waals surface area contributed by atoms with Crippen LogP contribution < -0.4 is 10.1 Å². The molecule has 0 unspecified atom stereocenters. The minimum Gasteiger partial charge on any atom is -0.496 e. The van der Waals surface area contributed by atoms with E-state index < -0.39 is 0 Å². The van der Waals surface area contributed by atoms with Gasteiger partial charge in [-0.1, -0.05) is 18.6 Å². The van der Waals surface area contributed by atoms with E-state index in [1.54, 1.807) is 7.11 Å². The summed E-state index contributed by atoms with van der Waals surface area (Å²) >= 11 is 0. The second-order valence-corrected chi connectivity index (χ2v) is 7.15. The Morgan fingerprint density at radius 3 is 2.96 bits per heavy atom. The minimum atomic E-state index is 0.374. The van der Waals surface area contributed by atoms with Gasteiger partial charge in [-0.25, -0.2) is 0 Å². The van der Waals surface area contributed by atoms with Crippen molar-refractivity contribution < 1.29 is 4.74 Å². The molecule has 3 heterocycles. The first-order valence-electron chi connectivity index (χ1n) is 9.26. The smallest absolute Gasteiger partial charge is 0.150 e. The van der Waals surface area contributed by atoms with Crippen molar-refractivity contribution in [1.29, 1.82) is 0 Å². The maximum absolute atomic E-state index is 5.55. The lowest BCUT2D eigenvalue weighted by atomic mass is 10.0. The van der Waals surface area contributed by atoms with Crippen LogP contribution in [0.1, 0.15) is 48.1 Å². The fourth-order valence-electron chi connectivity index (χ4n) is 3.92. The number of nitrogens with one attached hydrogen (secondary N) is 1. The number of ether oxygens (including phenoxy) is 1. The molecule has 4 rings (SSSR count). The quantitative estimate of drug-likeness (QED) is 0.926. The maximum atomic E-state index is 5.55. The lowest BCUT2D eigenvalue weighted by molar-refractivity contribution is 0.202. The molecular formula is C19H27N5O. The van der Waals surface area contributed by atoms with E-state index in [0.717, 1.165) is 50.1 Å². The van der Waals surface area contributed by atoms with Gasteiger partial charge in [0.05, 0.1) is 19.7 Å². The van der Waals surface area contributed by atoms with Gasteiger partial charge in [-0.2, -0.15) is 0 Å². The molecule has 2 aliphatic rings. The highest BCUT2D eigenvalue weighted by atomic mass is 16.5. The lowest BCUT2D eigenvalue weighted by Gasteiger charge is -2.30.